The van der Waals surface area contributed by atoms with Crippen LogP contribution in [0.25, 0.3) is 116 Å². The molecular weight excluding hydrogens is 709 g/mol. The molecule has 0 saturated carbocycles. The van der Waals surface area contributed by atoms with Gasteiger partial charge in [0.25, 0.3) is 0 Å². The summed E-state index contributed by atoms with van der Waals surface area (Å²) >= 11 is 0. The second-order valence-electron chi connectivity index (χ2n) is 14.8. The molecule has 0 radical (unpaired) electrons. The molecule has 0 fully saturated rings. The predicted octanol–water partition coefficient (Wildman–Crippen LogP) is 13.8. The van der Waals surface area contributed by atoms with Crippen molar-refractivity contribution >= 4 is 65.4 Å². The van der Waals surface area contributed by atoms with Crippen LogP contribution in [0.5, 0.6) is 0 Å². The van der Waals surface area contributed by atoms with Crippen LogP contribution in [0.3, 0.4) is 0 Å². The fourth-order valence-corrected chi connectivity index (χ4v) is 8.72. The Labute approximate surface area is 333 Å². The Morgan fingerprint density at radius 1 is 0.362 bits per heavy atom. The van der Waals surface area contributed by atoms with Gasteiger partial charge in [0.2, 0.25) is 0 Å². The van der Waals surface area contributed by atoms with E-state index >= 15 is 0 Å². The van der Waals surface area contributed by atoms with Crippen molar-refractivity contribution in [2.45, 2.75) is 0 Å². The highest BCUT2D eigenvalue weighted by Gasteiger charge is 2.19. The van der Waals surface area contributed by atoms with Crippen LogP contribution in [0.4, 0.5) is 0 Å². The van der Waals surface area contributed by atoms with Crippen molar-refractivity contribution in [3.05, 3.63) is 194 Å². The molecule has 4 aromatic heterocycles. The molecule has 0 N–H and O–H groups in total. The van der Waals surface area contributed by atoms with Crippen LogP contribution in [0, 0.1) is 0 Å². The van der Waals surface area contributed by atoms with E-state index < -0.39 is 0 Å². The minimum atomic E-state index is 0.682. The number of furan rings is 1. The van der Waals surface area contributed by atoms with Gasteiger partial charge in [-0.15, -0.1) is 0 Å². The Hall–Kier alpha value is -7.89. The maximum atomic E-state index is 6.53. The molecule has 0 aliphatic heterocycles. The number of aromatic nitrogens is 4. The van der Waals surface area contributed by atoms with Gasteiger partial charge in [-0.05, 0) is 53.6 Å². The van der Waals surface area contributed by atoms with Gasteiger partial charge < -0.3 is 4.42 Å². The van der Waals surface area contributed by atoms with E-state index in [1.165, 1.54) is 10.8 Å². The van der Waals surface area contributed by atoms with E-state index in [2.05, 4.69) is 174 Å². The fraction of sp³-hybridized carbons (Fsp3) is 0. The number of hydrogen-bond donors (Lipinski definition) is 0. The predicted molar refractivity (Wildman–Crippen MR) is 238 cm³/mol. The van der Waals surface area contributed by atoms with E-state index in [1.54, 1.807) is 0 Å². The molecular formula is C53H32N4O. The highest BCUT2D eigenvalue weighted by molar-refractivity contribution is 6.28. The Kier molecular flexibility index (Phi) is 7.16. The van der Waals surface area contributed by atoms with Crippen LogP contribution >= 0.6 is 0 Å². The number of fused-ring (bicyclic) bond motifs is 10. The monoisotopic (exact) mass is 740 g/mol. The molecule has 0 bridgehead atoms. The normalized spacial score (nSPS) is 11.8. The maximum Gasteiger partial charge on any atom is 0.162 e. The van der Waals surface area contributed by atoms with Crippen molar-refractivity contribution in [1.82, 2.24) is 19.5 Å². The van der Waals surface area contributed by atoms with Crippen molar-refractivity contribution in [3.8, 4) is 50.8 Å². The highest BCUT2D eigenvalue weighted by Crippen LogP contribution is 2.42. The van der Waals surface area contributed by atoms with E-state index in [-0.39, 0.29) is 0 Å². The summed E-state index contributed by atoms with van der Waals surface area (Å²) < 4.78 is 8.79. The highest BCUT2D eigenvalue weighted by atomic mass is 16.3. The zero-order valence-electron chi connectivity index (χ0n) is 31.2. The van der Waals surface area contributed by atoms with Crippen LogP contribution in [0.2, 0.25) is 0 Å². The molecule has 58 heavy (non-hydrogen) atoms. The summed E-state index contributed by atoms with van der Waals surface area (Å²) in [5.74, 6) is 1.51. The summed E-state index contributed by atoms with van der Waals surface area (Å²) in [7, 11) is 0. The molecule has 0 aliphatic rings. The van der Waals surface area contributed by atoms with Crippen LogP contribution < -0.4 is 0 Å². The third kappa shape index (κ3) is 5.07. The van der Waals surface area contributed by atoms with Crippen LogP contribution in [-0.2, 0) is 0 Å². The minimum Gasteiger partial charge on any atom is -0.456 e. The lowest BCUT2D eigenvalue weighted by molar-refractivity contribution is 0.669. The number of pyridine rings is 1. The first-order valence-corrected chi connectivity index (χ1v) is 19.5. The van der Waals surface area contributed by atoms with Crippen molar-refractivity contribution in [2.75, 3.05) is 0 Å². The number of rotatable bonds is 5. The van der Waals surface area contributed by atoms with Gasteiger partial charge in [0.1, 0.15) is 17.0 Å². The van der Waals surface area contributed by atoms with Gasteiger partial charge in [0.15, 0.2) is 5.82 Å². The molecule has 4 heterocycles. The smallest absolute Gasteiger partial charge is 0.162 e. The molecule has 12 aromatic rings. The van der Waals surface area contributed by atoms with Gasteiger partial charge in [-0.1, -0.05) is 146 Å². The third-order valence-electron chi connectivity index (χ3n) is 11.4. The van der Waals surface area contributed by atoms with Gasteiger partial charge >= 0.3 is 0 Å². The molecule has 270 valence electrons. The first-order valence-electron chi connectivity index (χ1n) is 19.5. The van der Waals surface area contributed by atoms with Crippen molar-refractivity contribution < 1.29 is 4.42 Å². The lowest BCUT2D eigenvalue weighted by Gasteiger charge is -2.12. The van der Waals surface area contributed by atoms with E-state index in [0.717, 1.165) is 99.7 Å². The number of nitrogens with zero attached hydrogens (tertiary/aromatic N) is 4. The van der Waals surface area contributed by atoms with Crippen LogP contribution in [-0.4, -0.2) is 19.5 Å². The average molecular weight is 741 g/mol. The van der Waals surface area contributed by atoms with E-state index in [9.17, 15) is 0 Å². The van der Waals surface area contributed by atoms with Crippen molar-refractivity contribution in [3.63, 3.8) is 0 Å². The molecule has 5 nitrogen and oxygen atoms in total. The quantitative estimate of drug-likeness (QED) is 0.165. The van der Waals surface area contributed by atoms with E-state index in [1.807, 2.05) is 24.3 Å². The molecule has 0 atom stereocenters. The molecule has 0 amide bonds. The first-order chi connectivity index (χ1) is 28.7. The Balaban J connectivity index is 1.01. The lowest BCUT2D eigenvalue weighted by atomic mass is 9.95. The molecule has 0 aliphatic carbocycles. The Morgan fingerprint density at radius 2 is 0.966 bits per heavy atom. The minimum absolute atomic E-state index is 0.682. The average Bonchev–Trinajstić information content (AvgIpc) is 3.85. The Bertz CT molecular complexity index is 3500. The van der Waals surface area contributed by atoms with Crippen LogP contribution in [0.15, 0.2) is 199 Å². The van der Waals surface area contributed by atoms with Gasteiger partial charge in [-0.25, -0.2) is 15.0 Å². The van der Waals surface area contributed by atoms with E-state index in [0.29, 0.717) is 5.82 Å². The third-order valence-corrected chi connectivity index (χ3v) is 11.4. The van der Waals surface area contributed by atoms with Gasteiger partial charge in [0.05, 0.1) is 27.9 Å². The molecule has 0 unspecified atom stereocenters. The molecule has 0 saturated heterocycles. The molecule has 12 rings (SSSR count). The maximum absolute atomic E-state index is 6.53. The second-order valence-corrected chi connectivity index (χ2v) is 14.8. The second kappa shape index (κ2) is 12.8. The summed E-state index contributed by atoms with van der Waals surface area (Å²) in [5.41, 5.74) is 12.0. The number of para-hydroxylation sites is 3. The molecule has 5 heteroatoms. The molecule has 0 spiro atoms. The zero-order valence-corrected chi connectivity index (χ0v) is 31.2. The summed E-state index contributed by atoms with van der Waals surface area (Å²) in [6.07, 6.45) is 0. The number of hydrogen-bond acceptors (Lipinski definition) is 4. The largest absolute Gasteiger partial charge is 0.456 e. The molecule has 8 aromatic carbocycles. The van der Waals surface area contributed by atoms with Gasteiger partial charge in [-0.2, -0.15) is 0 Å². The summed E-state index contributed by atoms with van der Waals surface area (Å²) in [5, 5.41) is 7.95. The standard InChI is InChI=1S/C53H32N4O/c1-3-13-35(14-4-1)52-41-28-30-48-51(50(41)40-19-7-10-20-43(40)54-52)42-31-37(27-29-47(42)58-48)33-23-25-34(26-24-33)44-32-49(56-53(55-44)36-15-5-2-6-16-36)57-45-21-11-8-17-38(45)39-18-9-12-22-46(39)57/h1-32H. The summed E-state index contributed by atoms with van der Waals surface area (Å²) in [6, 6.07) is 67.7. The number of benzene rings is 8. The van der Waals surface area contributed by atoms with Crippen molar-refractivity contribution in [2.24, 2.45) is 0 Å². The van der Waals surface area contributed by atoms with Crippen molar-refractivity contribution in [1.29, 1.82) is 0 Å². The Morgan fingerprint density at radius 3 is 1.71 bits per heavy atom. The summed E-state index contributed by atoms with van der Waals surface area (Å²) in [6.45, 7) is 0. The topological polar surface area (TPSA) is 56.7 Å². The van der Waals surface area contributed by atoms with Gasteiger partial charge in [-0.3, -0.25) is 4.57 Å². The fourth-order valence-electron chi connectivity index (χ4n) is 8.72. The lowest BCUT2D eigenvalue weighted by Crippen LogP contribution is -2.02. The zero-order chi connectivity index (χ0) is 38.2. The first kappa shape index (κ1) is 32.4. The van der Waals surface area contributed by atoms with Crippen LogP contribution in [0.1, 0.15) is 0 Å². The van der Waals surface area contributed by atoms with E-state index in [4.69, 9.17) is 19.4 Å². The SMILES string of the molecule is c1ccc(-c2nc(-c3ccc(-c4ccc5oc6ccc7c(-c8ccccc8)nc8ccccc8c7c6c5c4)cc3)cc(-n3c4ccccc4c4ccccc43)n2)cc1. The summed E-state index contributed by atoms with van der Waals surface area (Å²) in [4.78, 5) is 15.5. The van der Waals surface area contributed by atoms with Gasteiger partial charge in [0, 0.05) is 60.5 Å².